The summed E-state index contributed by atoms with van der Waals surface area (Å²) in [6.45, 7) is 3.91. The van der Waals surface area contributed by atoms with E-state index >= 15 is 0 Å². The van der Waals surface area contributed by atoms with Crippen LogP contribution < -0.4 is 10.6 Å². The number of amides is 1. The average Bonchev–Trinajstić information content (AvgIpc) is 2.40. The highest BCUT2D eigenvalue weighted by Crippen LogP contribution is 2.11. The maximum absolute atomic E-state index is 11.7. The van der Waals surface area contributed by atoms with E-state index in [0.717, 1.165) is 37.3 Å². The minimum Gasteiger partial charge on any atom is -0.368 e. The van der Waals surface area contributed by atoms with E-state index in [4.69, 9.17) is 4.74 Å². The highest BCUT2D eigenvalue weighted by molar-refractivity contribution is 5.92. The number of rotatable bonds is 4. The molecule has 1 fully saturated rings. The maximum Gasteiger partial charge on any atom is 0.250 e. The number of hydrogen-bond donors (Lipinski definition) is 2. The number of piperidine rings is 1. The summed E-state index contributed by atoms with van der Waals surface area (Å²) in [6, 6.07) is 3.64. The Bertz CT molecular complexity index is 403. The Hall–Kier alpha value is -1.46. The van der Waals surface area contributed by atoms with Crippen molar-refractivity contribution in [3.63, 3.8) is 0 Å². The van der Waals surface area contributed by atoms with Gasteiger partial charge in [-0.1, -0.05) is 0 Å². The zero-order chi connectivity index (χ0) is 12.8. The van der Waals surface area contributed by atoms with Crippen molar-refractivity contribution in [1.82, 2.24) is 10.3 Å². The predicted molar refractivity (Wildman–Crippen MR) is 69.4 cm³/mol. The molecule has 2 heterocycles. The minimum absolute atomic E-state index is 0.110. The van der Waals surface area contributed by atoms with Crippen LogP contribution in [0.25, 0.3) is 0 Å². The summed E-state index contributed by atoms with van der Waals surface area (Å²) in [5, 5.41) is 6.07. The Morgan fingerprint density at radius 3 is 3.06 bits per heavy atom. The number of nitrogens with zero attached hydrogens (tertiary/aromatic N) is 1. The molecule has 0 radical (unpaired) electrons. The highest BCUT2D eigenvalue weighted by atomic mass is 16.5. The zero-order valence-electron chi connectivity index (χ0n) is 10.6. The number of carbonyl (C=O) groups excluding carboxylic acids is 1. The fraction of sp³-hybridized carbons (Fsp3) is 0.538. The molecule has 0 atom stereocenters. The van der Waals surface area contributed by atoms with Gasteiger partial charge in [-0.2, -0.15) is 0 Å². The van der Waals surface area contributed by atoms with Crippen LogP contribution in [0.5, 0.6) is 0 Å². The first-order valence-corrected chi connectivity index (χ1v) is 6.29. The van der Waals surface area contributed by atoms with E-state index in [1.165, 1.54) is 0 Å². The van der Waals surface area contributed by atoms with Gasteiger partial charge >= 0.3 is 0 Å². The Morgan fingerprint density at radius 2 is 2.33 bits per heavy atom. The van der Waals surface area contributed by atoms with Gasteiger partial charge in [0.15, 0.2) is 0 Å². The third-order valence-corrected chi connectivity index (χ3v) is 3.02. The summed E-state index contributed by atoms with van der Waals surface area (Å²) in [5.74, 6) is -0.121. The van der Waals surface area contributed by atoms with E-state index < -0.39 is 0 Å². The Balaban J connectivity index is 1.76. The molecule has 0 aliphatic carbocycles. The summed E-state index contributed by atoms with van der Waals surface area (Å²) < 4.78 is 5.58. The van der Waals surface area contributed by atoms with Crippen molar-refractivity contribution in [2.75, 3.05) is 25.0 Å². The van der Waals surface area contributed by atoms with Crippen molar-refractivity contribution < 1.29 is 9.53 Å². The third kappa shape index (κ3) is 3.78. The highest BCUT2D eigenvalue weighted by Gasteiger charge is 2.15. The van der Waals surface area contributed by atoms with E-state index in [1.807, 2.05) is 13.0 Å². The van der Waals surface area contributed by atoms with Gasteiger partial charge in [0.1, 0.15) is 6.61 Å². The van der Waals surface area contributed by atoms with Gasteiger partial charge in [-0.05, 0) is 45.0 Å². The first-order chi connectivity index (χ1) is 8.75. The molecule has 0 spiro atoms. The van der Waals surface area contributed by atoms with Gasteiger partial charge < -0.3 is 15.4 Å². The molecule has 1 amide bonds. The average molecular weight is 249 g/mol. The second-order valence-corrected chi connectivity index (χ2v) is 4.44. The van der Waals surface area contributed by atoms with Crippen molar-refractivity contribution >= 4 is 11.6 Å². The number of ether oxygens (including phenoxy) is 1. The smallest absolute Gasteiger partial charge is 0.250 e. The fourth-order valence-electron chi connectivity index (χ4n) is 1.96. The van der Waals surface area contributed by atoms with Crippen molar-refractivity contribution in [3.8, 4) is 0 Å². The predicted octanol–water partition coefficient (Wildman–Crippen LogP) is 1.10. The second kappa shape index (κ2) is 6.47. The molecule has 0 bridgehead atoms. The number of aromatic nitrogens is 1. The number of anilines is 1. The van der Waals surface area contributed by atoms with E-state index in [1.54, 1.807) is 12.3 Å². The van der Waals surface area contributed by atoms with Crippen LogP contribution in [-0.4, -0.2) is 36.7 Å². The van der Waals surface area contributed by atoms with Gasteiger partial charge in [-0.3, -0.25) is 9.78 Å². The molecule has 1 aromatic heterocycles. The van der Waals surface area contributed by atoms with Gasteiger partial charge in [0.2, 0.25) is 5.91 Å². The van der Waals surface area contributed by atoms with Gasteiger partial charge in [-0.25, -0.2) is 0 Å². The normalized spacial score (nSPS) is 16.5. The molecule has 2 rings (SSSR count). The number of carbonyl (C=O) groups is 1. The molecule has 2 N–H and O–H groups in total. The molecule has 1 aromatic rings. The van der Waals surface area contributed by atoms with Crippen LogP contribution in [0.4, 0.5) is 5.69 Å². The molecule has 18 heavy (non-hydrogen) atoms. The SMILES string of the molecule is Cc1ncccc1NC(=O)COC1CCNCC1. The van der Waals surface area contributed by atoms with Crippen LogP contribution in [0, 0.1) is 6.92 Å². The molecule has 1 aliphatic heterocycles. The van der Waals surface area contributed by atoms with E-state index in [9.17, 15) is 4.79 Å². The van der Waals surface area contributed by atoms with Crippen molar-refractivity contribution in [3.05, 3.63) is 24.0 Å². The molecular weight excluding hydrogens is 230 g/mol. The van der Waals surface area contributed by atoms with Crippen LogP contribution in [-0.2, 0) is 9.53 Å². The molecule has 98 valence electrons. The lowest BCUT2D eigenvalue weighted by molar-refractivity contribution is -0.123. The second-order valence-electron chi connectivity index (χ2n) is 4.44. The molecule has 5 heteroatoms. The van der Waals surface area contributed by atoms with Crippen molar-refractivity contribution in [2.24, 2.45) is 0 Å². The van der Waals surface area contributed by atoms with E-state index in [-0.39, 0.29) is 18.6 Å². The van der Waals surface area contributed by atoms with Crippen LogP contribution in [0.3, 0.4) is 0 Å². The standard InChI is InChI=1S/C13H19N3O2/c1-10-12(3-2-6-15-10)16-13(17)9-18-11-4-7-14-8-5-11/h2-3,6,11,14H,4-5,7-9H2,1H3,(H,16,17). The molecule has 0 unspecified atom stereocenters. The lowest BCUT2D eigenvalue weighted by atomic mass is 10.1. The lowest BCUT2D eigenvalue weighted by Gasteiger charge is -2.22. The van der Waals surface area contributed by atoms with Crippen LogP contribution in [0.15, 0.2) is 18.3 Å². The Kier molecular flexibility index (Phi) is 4.66. The molecule has 5 nitrogen and oxygen atoms in total. The number of aryl methyl sites for hydroxylation is 1. The summed E-state index contributed by atoms with van der Waals surface area (Å²) in [4.78, 5) is 15.8. The maximum atomic E-state index is 11.7. The van der Waals surface area contributed by atoms with Gasteiger partial charge in [-0.15, -0.1) is 0 Å². The summed E-state index contributed by atoms with van der Waals surface area (Å²) in [5.41, 5.74) is 1.56. The molecular formula is C13H19N3O2. The molecule has 0 saturated carbocycles. The molecule has 1 aliphatic rings. The minimum atomic E-state index is -0.121. The van der Waals surface area contributed by atoms with Gasteiger partial charge in [0, 0.05) is 6.20 Å². The van der Waals surface area contributed by atoms with Gasteiger partial charge in [0.25, 0.3) is 0 Å². The zero-order valence-corrected chi connectivity index (χ0v) is 10.6. The Labute approximate surface area is 107 Å². The van der Waals surface area contributed by atoms with Crippen molar-refractivity contribution in [1.29, 1.82) is 0 Å². The first kappa shape index (κ1) is 13.0. The monoisotopic (exact) mass is 249 g/mol. The molecule has 1 saturated heterocycles. The first-order valence-electron chi connectivity index (χ1n) is 6.29. The van der Waals surface area contributed by atoms with Crippen molar-refractivity contribution in [2.45, 2.75) is 25.9 Å². The topological polar surface area (TPSA) is 63.2 Å². The molecule has 0 aromatic carbocycles. The van der Waals surface area contributed by atoms with Crippen LogP contribution >= 0.6 is 0 Å². The number of nitrogens with one attached hydrogen (secondary N) is 2. The summed E-state index contributed by atoms with van der Waals surface area (Å²) in [6.07, 6.45) is 3.85. The third-order valence-electron chi connectivity index (χ3n) is 3.02. The van der Waals surface area contributed by atoms with Gasteiger partial charge in [0.05, 0.1) is 17.5 Å². The number of pyridine rings is 1. The largest absolute Gasteiger partial charge is 0.368 e. The number of hydrogen-bond acceptors (Lipinski definition) is 4. The van der Waals surface area contributed by atoms with Crippen LogP contribution in [0.1, 0.15) is 18.5 Å². The lowest BCUT2D eigenvalue weighted by Crippen LogP contribution is -2.34. The summed E-state index contributed by atoms with van der Waals surface area (Å²) >= 11 is 0. The van der Waals surface area contributed by atoms with E-state index in [2.05, 4.69) is 15.6 Å². The fourth-order valence-corrected chi connectivity index (χ4v) is 1.96. The Morgan fingerprint density at radius 1 is 1.56 bits per heavy atom. The van der Waals surface area contributed by atoms with Crippen LogP contribution in [0.2, 0.25) is 0 Å². The summed E-state index contributed by atoms with van der Waals surface area (Å²) in [7, 11) is 0. The quantitative estimate of drug-likeness (QED) is 0.838. The van der Waals surface area contributed by atoms with E-state index in [0.29, 0.717) is 0 Å².